The number of amides is 1. The Morgan fingerprint density at radius 1 is 0.432 bits per heavy atom. The van der Waals surface area contributed by atoms with E-state index >= 15 is 0 Å². The largest absolute Gasteiger partial charge is 0.394 e. The van der Waals surface area contributed by atoms with E-state index in [2.05, 4.69) is 153 Å². The lowest BCUT2D eigenvalue weighted by Gasteiger charge is -2.40. The van der Waals surface area contributed by atoms with Crippen LogP contribution in [0.1, 0.15) is 245 Å². The number of unbranched alkanes of at least 4 members (excludes halogenated alkanes) is 22. The lowest BCUT2D eigenvalue weighted by Crippen LogP contribution is -2.60. The number of aliphatic hydroxyl groups excluding tert-OH is 5. The lowest BCUT2D eigenvalue weighted by molar-refractivity contribution is -0.302. The fourth-order valence-corrected chi connectivity index (χ4v) is 9.31. The van der Waals surface area contributed by atoms with E-state index in [1.165, 1.54) is 122 Å². The van der Waals surface area contributed by atoms with Crippen LogP contribution in [-0.4, -0.2) is 87.5 Å². The Balaban J connectivity index is 2.29. The average molecular weight is 1130 g/mol. The lowest BCUT2D eigenvalue weighted by atomic mass is 9.99. The van der Waals surface area contributed by atoms with Crippen molar-refractivity contribution in [3.05, 3.63) is 146 Å². The van der Waals surface area contributed by atoms with Crippen LogP contribution in [0.25, 0.3) is 0 Å². The first-order valence-electron chi connectivity index (χ1n) is 32.6. The van der Waals surface area contributed by atoms with Gasteiger partial charge in [0, 0.05) is 6.42 Å². The highest BCUT2D eigenvalue weighted by Gasteiger charge is 2.44. The maximum Gasteiger partial charge on any atom is 0.220 e. The number of carbonyl (C=O) groups is 1. The van der Waals surface area contributed by atoms with Gasteiger partial charge in [-0.25, -0.2) is 0 Å². The molecule has 1 heterocycles. The minimum absolute atomic E-state index is 0.239. The topological polar surface area (TPSA) is 149 Å². The van der Waals surface area contributed by atoms with Gasteiger partial charge in [0.25, 0.3) is 0 Å². The van der Waals surface area contributed by atoms with Gasteiger partial charge in [0.1, 0.15) is 24.4 Å². The second-order valence-electron chi connectivity index (χ2n) is 21.8. The predicted octanol–water partition coefficient (Wildman–Crippen LogP) is 17.4. The molecule has 0 saturated carbocycles. The molecule has 1 aliphatic heterocycles. The Hall–Kier alpha value is -3.93. The van der Waals surface area contributed by atoms with Gasteiger partial charge in [0.15, 0.2) is 6.29 Å². The first-order chi connectivity index (χ1) is 39.8. The van der Waals surface area contributed by atoms with Crippen molar-refractivity contribution >= 4 is 5.91 Å². The summed E-state index contributed by atoms with van der Waals surface area (Å²) in [7, 11) is 0. The van der Waals surface area contributed by atoms with E-state index in [9.17, 15) is 30.3 Å². The van der Waals surface area contributed by atoms with Gasteiger partial charge in [0.2, 0.25) is 5.91 Å². The fraction of sp³-hybridized carbons (Fsp3) is 0.653. The van der Waals surface area contributed by atoms with Gasteiger partial charge in [-0.15, -0.1) is 0 Å². The van der Waals surface area contributed by atoms with Crippen molar-refractivity contribution in [2.75, 3.05) is 13.2 Å². The van der Waals surface area contributed by atoms with Crippen molar-refractivity contribution in [3.63, 3.8) is 0 Å². The monoisotopic (exact) mass is 1130 g/mol. The smallest absolute Gasteiger partial charge is 0.220 e. The number of hydrogen-bond donors (Lipinski definition) is 6. The van der Waals surface area contributed by atoms with Gasteiger partial charge in [-0.2, -0.15) is 0 Å². The number of nitrogens with one attached hydrogen (secondary N) is 1. The molecule has 7 unspecified atom stereocenters. The van der Waals surface area contributed by atoms with E-state index in [4.69, 9.17) is 9.47 Å². The zero-order chi connectivity index (χ0) is 58.6. The third-order valence-electron chi connectivity index (χ3n) is 14.4. The molecule has 0 aromatic carbocycles. The summed E-state index contributed by atoms with van der Waals surface area (Å²) < 4.78 is 11.2. The minimum Gasteiger partial charge on any atom is -0.394 e. The highest BCUT2D eigenvalue weighted by Crippen LogP contribution is 2.23. The number of carbonyl (C=O) groups excluding carboxylic acids is 1. The van der Waals surface area contributed by atoms with E-state index in [0.29, 0.717) is 12.8 Å². The molecule has 81 heavy (non-hydrogen) atoms. The van der Waals surface area contributed by atoms with E-state index in [1.54, 1.807) is 6.08 Å². The molecule has 0 spiro atoms. The van der Waals surface area contributed by atoms with Crippen molar-refractivity contribution in [1.82, 2.24) is 5.32 Å². The number of aliphatic hydroxyl groups is 5. The standard InChI is InChI=1S/C72H119NO8/c1-3-5-7-9-11-13-15-17-19-21-23-25-27-29-31-33-35-37-39-41-43-45-47-49-51-53-55-57-59-61-66(75)65(64-80-72-71(79)70(78)69(77)67(63-74)81-72)73-68(76)62-60-58-56-54-52-50-48-46-44-42-40-38-36-34-32-30-28-26-24-22-20-18-16-14-12-10-8-6-4-2/h6,8,12,14,18,20,24,26,30,32,36,38,42-45,48,50-51,53-54,56,59,61,65-67,69-72,74-75,77-79H,3-5,7,9-11,13,15-17,19,21-23,25,27-29,31,33-35,37,39-41,46-47,49,52,55,57-58,60,62-64H2,1-2H3,(H,73,76)/b8-6-,14-12-,20-18-,26-24-,32-30-,38-36-,44-42-,45-43+,50-48-,53-51+,56-54-,61-59+. The number of ether oxygens (including phenoxy) is 2. The quantitative estimate of drug-likeness (QED) is 0.0261. The summed E-state index contributed by atoms with van der Waals surface area (Å²) >= 11 is 0. The Morgan fingerprint density at radius 2 is 0.778 bits per heavy atom. The highest BCUT2D eigenvalue weighted by molar-refractivity contribution is 5.76. The van der Waals surface area contributed by atoms with Crippen molar-refractivity contribution in [2.24, 2.45) is 0 Å². The van der Waals surface area contributed by atoms with Gasteiger partial charge >= 0.3 is 0 Å². The van der Waals surface area contributed by atoms with Crippen LogP contribution in [0.4, 0.5) is 0 Å². The molecule has 6 N–H and O–H groups in total. The summed E-state index contributed by atoms with van der Waals surface area (Å²) in [5.41, 5.74) is 0. The second kappa shape index (κ2) is 59.2. The van der Waals surface area contributed by atoms with Gasteiger partial charge in [-0.05, 0) is 109 Å². The number of rotatable bonds is 54. The van der Waals surface area contributed by atoms with Crippen LogP contribution < -0.4 is 5.32 Å². The van der Waals surface area contributed by atoms with Gasteiger partial charge in [-0.1, -0.05) is 275 Å². The van der Waals surface area contributed by atoms with Crippen LogP contribution in [0, 0.1) is 0 Å². The molecular weight excluding hydrogens is 1010 g/mol. The van der Waals surface area contributed by atoms with Crippen molar-refractivity contribution in [1.29, 1.82) is 0 Å². The molecule has 0 aromatic heterocycles. The van der Waals surface area contributed by atoms with Gasteiger partial charge in [0.05, 0.1) is 25.4 Å². The third-order valence-corrected chi connectivity index (χ3v) is 14.4. The van der Waals surface area contributed by atoms with E-state index in [0.717, 1.165) is 89.9 Å². The molecule has 0 aromatic rings. The minimum atomic E-state index is -1.60. The first kappa shape index (κ1) is 75.1. The molecule has 9 heteroatoms. The molecule has 0 radical (unpaired) electrons. The van der Waals surface area contributed by atoms with Crippen LogP contribution in [0.5, 0.6) is 0 Å². The first-order valence-corrected chi connectivity index (χ1v) is 32.6. The van der Waals surface area contributed by atoms with Crippen LogP contribution in [0.2, 0.25) is 0 Å². The molecule has 1 amide bonds. The van der Waals surface area contributed by atoms with Crippen LogP contribution in [0.3, 0.4) is 0 Å². The molecule has 0 aliphatic carbocycles. The molecule has 0 bridgehead atoms. The predicted molar refractivity (Wildman–Crippen MR) is 345 cm³/mol. The summed E-state index contributed by atoms with van der Waals surface area (Å²) in [6.07, 6.45) is 85.1. The second-order valence-corrected chi connectivity index (χ2v) is 21.8. The molecule has 1 aliphatic rings. The summed E-state index contributed by atoms with van der Waals surface area (Å²) in [6, 6.07) is -0.873. The Kier molecular flexibility index (Phi) is 54.9. The van der Waals surface area contributed by atoms with Gasteiger partial charge < -0.3 is 40.3 Å². The maximum absolute atomic E-state index is 13.1. The van der Waals surface area contributed by atoms with E-state index < -0.39 is 49.5 Å². The Morgan fingerprint density at radius 3 is 1.19 bits per heavy atom. The molecular formula is C72H119NO8. The normalized spacial score (nSPS) is 19.4. The summed E-state index contributed by atoms with van der Waals surface area (Å²) in [6.45, 7) is 3.62. The summed E-state index contributed by atoms with van der Waals surface area (Å²) in [5.74, 6) is -0.253. The molecule has 1 fully saturated rings. The maximum atomic E-state index is 13.1. The Bertz CT molecular complexity index is 1780. The van der Waals surface area contributed by atoms with E-state index in [-0.39, 0.29) is 18.9 Å². The fourth-order valence-electron chi connectivity index (χ4n) is 9.31. The molecule has 9 nitrogen and oxygen atoms in total. The zero-order valence-corrected chi connectivity index (χ0v) is 51.2. The molecule has 1 saturated heterocycles. The third kappa shape index (κ3) is 48.2. The van der Waals surface area contributed by atoms with Crippen molar-refractivity contribution in [2.45, 2.75) is 288 Å². The van der Waals surface area contributed by atoms with Crippen LogP contribution in [0.15, 0.2) is 146 Å². The van der Waals surface area contributed by atoms with Gasteiger partial charge in [-0.3, -0.25) is 4.79 Å². The SMILES string of the molecule is CC/C=C\C/C=C\C/C=C\C/C=C\C/C=C\C/C=C\C/C=C\C/C=C\C/C=C\CCCC(=O)NC(COC1OC(CO)C(O)C(O)C1O)C(O)/C=C/CC/C=C/CC/C=C/CCCCCCCCCCCCCCCCCCCCC. The highest BCUT2D eigenvalue weighted by atomic mass is 16.7. The zero-order valence-electron chi connectivity index (χ0n) is 51.2. The van der Waals surface area contributed by atoms with Crippen LogP contribution in [-0.2, 0) is 14.3 Å². The molecule has 460 valence electrons. The summed E-state index contributed by atoms with van der Waals surface area (Å²) in [5, 5.41) is 54.6. The average Bonchev–Trinajstić information content (AvgIpc) is 3.51. The molecule has 1 rings (SSSR count). The van der Waals surface area contributed by atoms with E-state index in [1.807, 2.05) is 6.08 Å². The van der Waals surface area contributed by atoms with Crippen molar-refractivity contribution in [3.8, 4) is 0 Å². The Labute approximate surface area is 495 Å². The molecule has 7 atom stereocenters. The van der Waals surface area contributed by atoms with Crippen LogP contribution >= 0.6 is 0 Å². The summed E-state index contributed by atoms with van der Waals surface area (Å²) in [4.78, 5) is 13.1. The number of hydrogen-bond acceptors (Lipinski definition) is 8. The van der Waals surface area contributed by atoms with Crippen molar-refractivity contribution < 1.29 is 39.8 Å². The number of allylic oxidation sites excluding steroid dienone is 23.